The number of hydrogen-bond acceptors (Lipinski definition) is 3. The van der Waals surface area contributed by atoms with Crippen LogP contribution < -0.4 is 4.90 Å². The van der Waals surface area contributed by atoms with E-state index in [4.69, 9.17) is 4.74 Å². The van der Waals surface area contributed by atoms with E-state index in [1.54, 1.807) is 6.92 Å². The summed E-state index contributed by atoms with van der Waals surface area (Å²) in [4.78, 5) is 13.8. The quantitative estimate of drug-likeness (QED) is 0.624. The van der Waals surface area contributed by atoms with E-state index >= 15 is 0 Å². The van der Waals surface area contributed by atoms with Gasteiger partial charge in [-0.25, -0.2) is 4.79 Å². The largest absolute Gasteiger partial charge is 0.460 e. The predicted molar refractivity (Wildman–Crippen MR) is 94.2 cm³/mol. The van der Waals surface area contributed by atoms with Gasteiger partial charge in [-0.1, -0.05) is 49.1 Å². The maximum atomic E-state index is 11.5. The molecule has 0 atom stereocenters. The minimum Gasteiger partial charge on any atom is -0.460 e. The summed E-state index contributed by atoms with van der Waals surface area (Å²) in [5, 5.41) is 0. The molecule has 0 saturated heterocycles. The van der Waals surface area contributed by atoms with Crippen molar-refractivity contribution in [1.82, 2.24) is 0 Å². The number of para-hydroxylation sites is 1. The van der Waals surface area contributed by atoms with Crippen LogP contribution in [0, 0.1) is 0 Å². The Kier molecular flexibility index (Phi) is 4.47. The number of hydrogen-bond donors (Lipinski definition) is 0. The molecule has 0 amide bonds. The first-order chi connectivity index (χ1) is 11.2. The minimum absolute atomic E-state index is 0.326. The van der Waals surface area contributed by atoms with Crippen LogP contribution in [-0.4, -0.2) is 25.7 Å². The lowest BCUT2D eigenvalue weighted by Crippen LogP contribution is -2.33. The molecule has 0 fully saturated rings. The number of carbonyl (C=O) groups excluding carboxylic acids is 1. The highest BCUT2D eigenvalue weighted by Crippen LogP contribution is 2.36. The molecule has 2 aliphatic rings. The zero-order valence-corrected chi connectivity index (χ0v) is 13.4. The van der Waals surface area contributed by atoms with E-state index in [1.165, 1.54) is 22.4 Å². The average Bonchev–Trinajstić information content (AvgIpc) is 2.80. The van der Waals surface area contributed by atoms with Crippen molar-refractivity contribution >= 4 is 17.2 Å². The Morgan fingerprint density at radius 1 is 1.26 bits per heavy atom. The summed E-state index contributed by atoms with van der Waals surface area (Å²) < 4.78 is 5.25. The molecule has 1 heterocycles. The Balaban J connectivity index is 1.81. The molecule has 118 valence electrons. The molecule has 1 aliphatic carbocycles. The van der Waals surface area contributed by atoms with Crippen LogP contribution in [0.3, 0.4) is 0 Å². The first-order valence-electron chi connectivity index (χ1n) is 7.90. The highest BCUT2D eigenvalue weighted by atomic mass is 16.5. The number of nitrogens with zero attached hydrogens (tertiary/aromatic N) is 1. The molecular formula is C20H21NO2. The van der Waals surface area contributed by atoms with Crippen LogP contribution in [0.4, 0.5) is 5.69 Å². The van der Waals surface area contributed by atoms with Crippen molar-refractivity contribution in [2.24, 2.45) is 0 Å². The number of ether oxygens (including phenoxy) is 1. The third-order valence-electron chi connectivity index (χ3n) is 4.06. The second-order valence-corrected chi connectivity index (χ2v) is 5.83. The van der Waals surface area contributed by atoms with Gasteiger partial charge in [-0.2, -0.15) is 0 Å². The van der Waals surface area contributed by atoms with E-state index in [9.17, 15) is 4.79 Å². The normalized spacial score (nSPS) is 15.8. The van der Waals surface area contributed by atoms with Gasteiger partial charge in [-0.3, -0.25) is 0 Å². The van der Waals surface area contributed by atoms with E-state index in [1.807, 2.05) is 6.07 Å². The molecule has 23 heavy (non-hydrogen) atoms. The molecule has 3 rings (SSSR count). The number of benzene rings is 1. The Labute approximate surface area is 137 Å². The number of anilines is 1. The summed E-state index contributed by atoms with van der Waals surface area (Å²) in [5.74, 6) is -0.326. The van der Waals surface area contributed by atoms with Crippen molar-refractivity contribution in [2.75, 3.05) is 24.6 Å². The Morgan fingerprint density at radius 3 is 2.87 bits per heavy atom. The molecule has 0 N–H and O–H groups in total. The van der Waals surface area contributed by atoms with E-state index in [2.05, 4.69) is 54.0 Å². The molecule has 1 aromatic carbocycles. The maximum Gasteiger partial charge on any atom is 0.333 e. The van der Waals surface area contributed by atoms with Gasteiger partial charge in [0, 0.05) is 23.4 Å². The van der Waals surface area contributed by atoms with Gasteiger partial charge < -0.3 is 9.64 Å². The van der Waals surface area contributed by atoms with Crippen LogP contribution in [0.15, 0.2) is 66.3 Å². The first kappa shape index (κ1) is 15.3. The molecule has 0 bridgehead atoms. The van der Waals surface area contributed by atoms with E-state index in [0.29, 0.717) is 18.7 Å². The van der Waals surface area contributed by atoms with Gasteiger partial charge in [0.15, 0.2) is 0 Å². The molecule has 3 heteroatoms. The highest BCUT2D eigenvalue weighted by molar-refractivity contribution is 5.89. The molecular weight excluding hydrogens is 286 g/mol. The average molecular weight is 307 g/mol. The standard InChI is InChI=1S/C20H21NO2/c1-15(2)20(22)23-13-12-21-14-16-8-4-3-5-9-17(16)18-10-6-7-11-19(18)21/h4-11H,1,3,12-14H2,2H3. The third-order valence-corrected chi connectivity index (χ3v) is 4.06. The van der Waals surface area contributed by atoms with Crippen molar-refractivity contribution < 1.29 is 9.53 Å². The monoisotopic (exact) mass is 307 g/mol. The SMILES string of the molecule is C=C(C)C(=O)OCCN1CC2=C(C=CCC=C2)c2ccccc21. The summed E-state index contributed by atoms with van der Waals surface area (Å²) in [7, 11) is 0. The van der Waals surface area contributed by atoms with Gasteiger partial charge in [0.05, 0.1) is 6.54 Å². The van der Waals surface area contributed by atoms with Gasteiger partial charge in [0.2, 0.25) is 0 Å². The molecule has 0 radical (unpaired) electrons. The lowest BCUT2D eigenvalue weighted by atomic mass is 9.93. The smallest absolute Gasteiger partial charge is 0.333 e. The van der Waals surface area contributed by atoms with Crippen molar-refractivity contribution in [1.29, 1.82) is 0 Å². The highest BCUT2D eigenvalue weighted by Gasteiger charge is 2.22. The van der Waals surface area contributed by atoms with Crippen LogP contribution >= 0.6 is 0 Å². The lowest BCUT2D eigenvalue weighted by Gasteiger charge is -2.32. The van der Waals surface area contributed by atoms with Crippen LogP contribution in [0.2, 0.25) is 0 Å². The van der Waals surface area contributed by atoms with Crippen molar-refractivity contribution in [3.63, 3.8) is 0 Å². The van der Waals surface area contributed by atoms with Crippen LogP contribution in [0.1, 0.15) is 18.9 Å². The zero-order chi connectivity index (χ0) is 16.2. The van der Waals surface area contributed by atoms with Gasteiger partial charge >= 0.3 is 5.97 Å². The molecule has 0 saturated carbocycles. The lowest BCUT2D eigenvalue weighted by molar-refractivity contribution is -0.138. The molecule has 0 spiro atoms. The van der Waals surface area contributed by atoms with Crippen molar-refractivity contribution in [3.8, 4) is 0 Å². The van der Waals surface area contributed by atoms with E-state index in [-0.39, 0.29) is 5.97 Å². The fraction of sp³-hybridized carbons (Fsp3) is 0.250. The number of allylic oxidation sites excluding steroid dienone is 4. The second-order valence-electron chi connectivity index (χ2n) is 5.83. The van der Waals surface area contributed by atoms with Crippen molar-refractivity contribution in [3.05, 3.63) is 71.9 Å². The summed E-state index contributed by atoms with van der Waals surface area (Å²) in [6.07, 6.45) is 9.77. The molecule has 1 aromatic rings. The molecule has 0 aromatic heterocycles. The molecule has 3 nitrogen and oxygen atoms in total. The third kappa shape index (κ3) is 3.29. The maximum absolute atomic E-state index is 11.5. The summed E-state index contributed by atoms with van der Waals surface area (Å²) in [6.45, 7) is 7.14. The number of carbonyl (C=O) groups is 1. The Hall–Kier alpha value is -2.55. The van der Waals surface area contributed by atoms with Gasteiger partial charge in [-0.15, -0.1) is 0 Å². The fourth-order valence-electron chi connectivity index (χ4n) is 2.91. The topological polar surface area (TPSA) is 29.5 Å². The number of rotatable bonds is 4. The number of fused-ring (bicyclic) bond motifs is 2. The molecule has 0 unspecified atom stereocenters. The Bertz CT molecular complexity index is 725. The summed E-state index contributed by atoms with van der Waals surface area (Å²) in [5.41, 5.74) is 5.47. The summed E-state index contributed by atoms with van der Waals surface area (Å²) >= 11 is 0. The zero-order valence-electron chi connectivity index (χ0n) is 13.4. The van der Waals surface area contributed by atoms with Crippen molar-refractivity contribution in [2.45, 2.75) is 13.3 Å². The van der Waals surface area contributed by atoms with Crippen LogP contribution in [0.25, 0.3) is 5.57 Å². The first-order valence-corrected chi connectivity index (χ1v) is 7.90. The fourth-order valence-corrected chi connectivity index (χ4v) is 2.91. The van der Waals surface area contributed by atoms with Gasteiger partial charge in [-0.05, 0) is 30.6 Å². The van der Waals surface area contributed by atoms with E-state index in [0.717, 1.165) is 13.0 Å². The van der Waals surface area contributed by atoms with E-state index < -0.39 is 0 Å². The van der Waals surface area contributed by atoms with Gasteiger partial charge in [0.25, 0.3) is 0 Å². The van der Waals surface area contributed by atoms with Crippen LogP contribution in [0.5, 0.6) is 0 Å². The Morgan fingerprint density at radius 2 is 2.04 bits per heavy atom. The minimum atomic E-state index is -0.326. The number of esters is 1. The predicted octanol–water partition coefficient (Wildman–Crippen LogP) is 3.90. The summed E-state index contributed by atoms with van der Waals surface area (Å²) in [6, 6.07) is 8.40. The second kappa shape index (κ2) is 6.69. The van der Waals surface area contributed by atoms with Gasteiger partial charge in [0.1, 0.15) is 6.61 Å². The molecule has 1 aliphatic heterocycles. The van der Waals surface area contributed by atoms with Crippen LogP contribution in [-0.2, 0) is 9.53 Å².